The van der Waals surface area contributed by atoms with Gasteiger partial charge in [-0.25, -0.2) is 4.79 Å². The maximum atomic E-state index is 13.0. The first-order valence-electron chi connectivity index (χ1n) is 13.5. The summed E-state index contributed by atoms with van der Waals surface area (Å²) in [5.74, 6) is -0.528. The van der Waals surface area contributed by atoms with E-state index in [-0.39, 0.29) is 30.5 Å². The Kier molecular flexibility index (Phi) is 11.1. The minimum absolute atomic E-state index is 0.149. The third-order valence-electron chi connectivity index (χ3n) is 7.01. The second kappa shape index (κ2) is 14.5. The molecular formula is C30H39N3O8. The van der Waals surface area contributed by atoms with Crippen molar-refractivity contribution in [2.75, 3.05) is 30.5 Å². The summed E-state index contributed by atoms with van der Waals surface area (Å²) in [7, 11) is 1.45. The number of carbonyl (C=O) groups is 3. The molecule has 0 aliphatic carbocycles. The van der Waals surface area contributed by atoms with Gasteiger partial charge in [0.05, 0.1) is 17.5 Å². The van der Waals surface area contributed by atoms with Crippen LogP contribution in [0.1, 0.15) is 45.1 Å². The van der Waals surface area contributed by atoms with Crippen LogP contribution in [-0.4, -0.2) is 66.7 Å². The number of benzene rings is 1. The van der Waals surface area contributed by atoms with Crippen LogP contribution in [0.15, 0.2) is 54.2 Å². The van der Waals surface area contributed by atoms with E-state index in [1.165, 1.54) is 18.1 Å². The summed E-state index contributed by atoms with van der Waals surface area (Å²) in [6.07, 6.45) is 7.30. The number of hydrogen-bond acceptors (Lipinski definition) is 8. The van der Waals surface area contributed by atoms with E-state index in [1.54, 1.807) is 44.2 Å². The topological polar surface area (TPSA) is 161 Å². The predicted octanol–water partition coefficient (Wildman–Crippen LogP) is 3.65. The Hall–Kier alpha value is -4.09. The van der Waals surface area contributed by atoms with Crippen molar-refractivity contribution in [3.8, 4) is 11.5 Å². The minimum atomic E-state index is -0.968. The predicted molar refractivity (Wildman–Crippen MR) is 155 cm³/mol. The summed E-state index contributed by atoms with van der Waals surface area (Å²) in [5.41, 5.74) is 7.32. The number of rotatable bonds is 4. The van der Waals surface area contributed by atoms with Crippen LogP contribution in [0, 0.1) is 0 Å². The van der Waals surface area contributed by atoms with Crippen LogP contribution in [0.4, 0.5) is 16.2 Å². The Morgan fingerprint density at radius 2 is 2.07 bits per heavy atom. The first-order chi connectivity index (χ1) is 19.6. The molecule has 2 bridgehead atoms. The Morgan fingerprint density at radius 3 is 2.76 bits per heavy atom. The quantitative estimate of drug-likeness (QED) is 0.316. The van der Waals surface area contributed by atoms with E-state index in [9.17, 15) is 24.6 Å². The van der Waals surface area contributed by atoms with Crippen molar-refractivity contribution in [2.45, 2.75) is 64.3 Å². The molecule has 2 aliphatic rings. The molecule has 3 rings (SSSR count). The highest BCUT2D eigenvalue weighted by molar-refractivity contribution is 6.06. The number of nitrogens with two attached hydrogens (primary N) is 1. The average molecular weight is 570 g/mol. The van der Waals surface area contributed by atoms with Crippen molar-refractivity contribution in [3.63, 3.8) is 0 Å². The van der Waals surface area contributed by atoms with Gasteiger partial charge in [-0.1, -0.05) is 36.8 Å². The van der Waals surface area contributed by atoms with Gasteiger partial charge in [-0.2, -0.15) is 0 Å². The molecule has 0 saturated carbocycles. The summed E-state index contributed by atoms with van der Waals surface area (Å²) in [5, 5.41) is 24.6. The Morgan fingerprint density at radius 1 is 1.32 bits per heavy atom. The van der Waals surface area contributed by atoms with Crippen molar-refractivity contribution in [2.24, 2.45) is 5.73 Å². The van der Waals surface area contributed by atoms with Crippen molar-refractivity contribution in [1.29, 1.82) is 0 Å². The molecule has 3 unspecified atom stereocenters. The van der Waals surface area contributed by atoms with Gasteiger partial charge in [0, 0.05) is 30.9 Å². The zero-order valence-corrected chi connectivity index (χ0v) is 23.7. The fourth-order valence-electron chi connectivity index (χ4n) is 4.78. The maximum absolute atomic E-state index is 13.0. The summed E-state index contributed by atoms with van der Waals surface area (Å²) in [6.45, 7) is 7.15. The minimum Gasteiger partial charge on any atom is -0.505 e. The molecule has 1 aromatic rings. The number of aromatic hydroxyl groups is 1. The van der Waals surface area contributed by atoms with E-state index in [0.717, 1.165) is 0 Å². The van der Waals surface area contributed by atoms with Crippen LogP contribution in [0.3, 0.4) is 0 Å². The van der Waals surface area contributed by atoms with Gasteiger partial charge in [0.1, 0.15) is 17.6 Å². The van der Waals surface area contributed by atoms with Crippen LogP contribution < -0.4 is 20.7 Å². The molecule has 2 aliphatic heterocycles. The SMILES string of the molecule is C=CCN1C(=O)COc2cc3c(O)c(c21)CCCCC(O)C/C=C(\C)C(OC(N)=O)C(OC)/C=C\C=C(/C)C(=O)N3. The molecule has 0 fully saturated rings. The molecule has 5 N–H and O–H groups in total. The number of carbonyl (C=O) groups excluding carboxylic acids is 3. The van der Waals surface area contributed by atoms with Gasteiger partial charge in [-0.3, -0.25) is 9.59 Å². The lowest BCUT2D eigenvalue weighted by Gasteiger charge is -2.32. The van der Waals surface area contributed by atoms with Crippen molar-refractivity contribution >= 4 is 29.3 Å². The molecule has 0 radical (unpaired) electrons. The highest BCUT2D eigenvalue weighted by atomic mass is 16.6. The number of hydrogen-bond donors (Lipinski definition) is 4. The van der Waals surface area contributed by atoms with E-state index in [1.807, 2.05) is 0 Å². The Labute approximate surface area is 239 Å². The number of amides is 3. The molecule has 3 atom stereocenters. The number of aliphatic hydroxyl groups excluding tert-OH is 1. The normalized spacial score (nSPS) is 25.9. The third kappa shape index (κ3) is 7.99. The van der Waals surface area contributed by atoms with Crippen molar-refractivity contribution < 1.29 is 38.8 Å². The van der Waals surface area contributed by atoms with E-state index in [0.29, 0.717) is 60.3 Å². The van der Waals surface area contributed by atoms with Crippen LogP contribution in [0.25, 0.3) is 0 Å². The molecular weight excluding hydrogens is 530 g/mol. The highest BCUT2D eigenvalue weighted by Crippen LogP contribution is 2.45. The second-order valence-corrected chi connectivity index (χ2v) is 10.0. The number of methoxy groups -OCH3 is 1. The lowest BCUT2D eigenvalue weighted by Crippen LogP contribution is -2.39. The van der Waals surface area contributed by atoms with Gasteiger partial charge >= 0.3 is 6.09 Å². The number of phenolic OH excluding ortho intramolecular Hbond substituents is 1. The lowest BCUT2D eigenvalue weighted by molar-refractivity contribution is -0.121. The molecule has 0 aromatic heterocycles. The maximum Gasteiger partial charge on any atom is 0.405 e. The lowest BCUT2D eigenvalue weighted by atomic mass is 9.98. The molecule has 41 heavy (non-hydrogen) atoms. The van der Waals surface area contributed by atoms with E-state index in [2.05, 4.69) is 11.9 Å². The number of nitrogens with one attached hydrogen (secondary N) is 1. The van der Waals surface area contributed by atoms with Gasteiger partial charge < -0.3 is 40.4 Å². The van der Waals surface area contributed by atoms with Gasteiger partial charge in [0.25, 0.3) is 11.8 Å². The summed E-state index contributed by atoms with van der Waals surface area (Å²) < 4.78 is 16.5. The molecule has 0 saturated heterocycles. The largest absolute Gasteiger partial charge is 0.505 e. The van der Waals surface area contributed by atoms with Crippen LogP contribution in [-0.2, 0) is 25.5 Å². The second-order valence-electron chi connectivity index (χ2n) is 10.0. The molecule has 11 nitrogen and oxygen atoms in total. The number of aliphatic hydroxyl groups is 1. The van der Waals surface area contributed by atoms with Crippen LogP contribution in [0.2, 0.25) is 0 Å². The molecule has 3 amide bonds. The van der Waals surface area contributed by atoms with E-state index < -0.39 is 30.3 Å². The first-order valence-corrected chi connectivity index (χ1v) is 13.5. The molecule has 2 heterocycles. The zero-order chi connectivity index (χ0) is 30.1. The average Bonchev–Trinajstić information content (AvgIpc) is 2.93. The standard InChI is InChI=1S/C30H39N3O8/c1-5-15-33-25(35)17-40-24-16-22-27(36)21(26(24)33)11-7-6-10-20(34)14-13-18(2)28(41-30(31)38)23(39-4)12-8-9-19(3)29(37)32-22/h5,8-9,12-13,16,20,23,28,34,36H,1,6-7,10-11,14-15,17H2,2-4H3,(H2,31,38)(H,32,37)/b12-8-,18-13+,19-9+. The number of fused-ring (bicyclic) bond motifs is 4. The van der Waals surface area contributed by atoms with E-state index >= 15 is 0 Å². The van der Waals surface area contributed by atoms with Crippen LogP contribution >= 0.6 is 0 Å². The van der Waals surface area contributed by atoms with Crippen LogP contribution in [0.5, 0.6) is 11.5 Å². The molecule has 0 spiro atoms. The fraction of sp³-hybridized carbons (Fsp3) is 0.433. The number of primary amides is 1. The zero-order valence-electron chi connectivity index (χ0n) is 23.7. The van der Waals surface area contributed by atoms with Crippen molar-refractivity contribution in [3.05, 3.63) is 59.7 Å². The van der Waals surface area contributed by atoms with Gasteiger partial charge in [0.15, 0.2) is 12.7 Å². The van der Waals surface area contributed by atoms with E-state index in [4.69, 9.17) is 19.9 Å². The van der Waals surface area contributed by atoms with Crippen molar-refractivity contribution in [1.82, 2.24) is 0 Å². The molecule has 222 valence electrons. The van der Waals surface area contributed by atoms with Gasteiger partial charge in [0.2, 0.25) is 0 Å². The Balaban J connectivity index is 2.03. The summed E-state index contributed by atoms with van der Waals surface area (Å²) in [6, 6.07) is 1.51. The number of allylic oxidation sites excluding steroid dienone is 2. The third-order valence-corrected chi connectivity index (χ3v) is 7.01. The summed E-state index contributed by atoms with van der Waals surface area (Å²) in [4.78, 5) is 38.8. The molecule has 1 aromatic carbocycles. The number of phenols is 1. The summed E-state index contributed by atoms with van der Waals surface area (Å²) >= 11 is 0. The molecule has 11 heteroatoms. The van der Waals surface area contributed by atoms with Gasteiger partial charge in [-0.05, 0) is 45.1 Å². The fourth-order valence-corrected chi connectivity index (χ4v) is 4.78. The van der Waals surface area contributed by atoms with Gasteiger partial charge in [-0.15, -0.1) is 6.58 Å². The highest BCUT2D eigenvalue weighted by Gasteiger charge is 2.31. The first kappa shape index (κ1) is 31.4. The smallest absolute Gasteiger partial charge is 0.405 e. The monoisotopic (exact) mass is 569 g/mol. The number of anilines is 2. The number of nitrogens with zero attached hydrogens (tertiary/aromatic N) is 1. The number of ether oxygens (including phenoxy) is 3. The Bertz CT molecular complexity index is 1250.